The van der Waals surface area contributed by atoms with Crippen LogP contribution >= 0.6 is 24.0 Å². The molecular weight excluding hydrogens is 483 g/mol. The van der Waals surface area contributed by atoms with Gasteiger partial charge in [0.15, 0.2) is 5.96 Å². The van der Waals surface area contributed by atoms with E-state index in [9.17, 15) is 9.90 Å². The molecule has 1 amide bonds. The Bertz CT molecular complexity index is 622. The highest BCUT2D eigenvalue weighted by Gasteiger charge is 2.28. The predicted molar refractivity (Wildman–Crippen MR) is 126 cm³/mol. The van der Waals surface area contributed by atoms with Crippen LogP contribution in [0.1, 0.15) is 59.1 Å². The average Bonchev–Trinajstić information content (AvgIpc) is 3.24. The smallest absolute Gasteiger partial charge is 0.225 e. The second kappa shape index (κ2) is 12.4. The number of hydrogen-bond acceptors (Lipinski definition) is 4. The Balaban J connectivity index is 0.00000420. The zero-order valence-electron chi connectivity index (χ0n) is 18.1. The maximum absolute atomic E-state index is 12.5. The van der Waals surface area contributed by atoms with Gasteiger partial charge in [0, 0.05) is 31.6 Å². The van der Waals surface area contributed by atoms with Gasteiger partial charge in [-0.15, -0.1) is 24.0 Å². The van der Waals surface area contributed by atoms with Gasteiger partial charge in [-0.2, -0.15) is 0 Å². The number of aliphatic imine (C=N–C) groups is 1. The van der Waals surface area contributed by atoms with Crippen molar-refractivity contribution in [2.75, 3.05) is 26.2 Å². The summed E-state index contributed by atoms with van der Waals surface area (Å²) in [7, 11) is 0. The number of nitrogens with one attached hydrogen (secondary N) is 2. The molecule has 8 heteroatoms. The van der Waals surface area contributed by atoms with E-state index >= 15 is 0 Å². The highest BCUT2D eigenvalue weighted by atomic mass is 127. The third-order valence-corrected chi connectivity index (χ3v) is 5.42. The normalized spacial score (nSPS) is 17.6. The van der Waals surface area contributed by atoms with Crippen LogP contribution in [0.3, 0.4) is 0 Å². The fourth-order valence-corrected chi connectivity index (χ4v) is 3.55. The van der Waals surface area contributed by atoms with Gasteiger partial charge in [0.05, 0.1) is 12.8 Å². The van der Waals surface area contributed by atoms with E-state index in [1.807, 2.05) is 11.8 Å². The number of furan rings is 1. The first-order valence-corrected chi connectivity index (χ1v) is 10.5. The Labute approximate surface area is 191 Å². The number of hydrogen-bond donors (Lipinski definition) is 3. The topological polar surface area (TPSA) is 90.1 Å². The molecule has 1 unspecified atom stereocenters. The van der Waals surface area contributed by atoms with Gasteiger partial charge in [-0.25, -0.2) is 4.99 Å². The van der Waals surface area contributed by atoms with Crippen LogP contribution in [0.15, 0.2) is 27.8 Å². The van der Waals surface area contributed by atoms with Gasteiger partial charge in [-0.05, 0) is 51.7 Å². The van der Waals surface area contributed by atoms with E-state index in [2.05, 4.69) is 29.5 Å². The Kier molecular flexibility index (Phi) is 11.0. The molecule has 7 nitrogen and oxygen atoms in total. The van der Waals surface area contributed by atoms with Gasteiger partial charge in [0.25, 0.3) is 0 Å². The molecule has 0 bridgehead atoms. The van der Waals surface area contributed by atoms with Gasteiger partial charge in [-0.1, -0.05) is 13.8 Å². The highest BCUT2D eigenvalue weighted by Crippen LogP contribution is 2.21. The second-order valence-electron chi connectivity index (χ2n) is 7.70. The fourth-order valence-electron chi connectivity index (χ4n) is 3.55. The molecule has 0 aromatic carbocycles. The lowest BCUT2D eigenvalue weighted by Crippen LogP contribution is -2.50. The van der Waals surface area contributed by atoms with Gasteiger partial charge >= 0.3 is 0 Å². The molecule has 0 saturated carbocycles. The molecule has 29 heavy (non-hydrogen) atoms. The third-order valence-electron chi connectivity index (χ3n) is 5.42. The number of amides is 1. The average molecular weight is 520 g/mol. The van der Waals surface area contributed by atoms with Crippen LogP contribution in [0.5, 0.6) is 0 Å². The number of nitrogens with zero attached hydrogens (tertiary/aromatic N) is 2. The largest absolute Gasteiger partial charge is 0.466 e. The lowest BCUT2D eigenvalue weighted by molar-refractivity contribution is -0.136. The van der Waals surface area contributed by atoms with Crippen molar-refractivity contribution < 1.29 is 14.3 Å². The van der Waals surface area contributed by atoms with Crippen molar-refractivity contribution in [3.05, 3.63) is 24.2 Å². The minimum Gasteiger partial charge on any atom is -0.466 e. The van der Waals surface area contributed by atoms with Crippen LogP contribution in [0.4, 0.5) is 0 Å². The molecule has 166 valence electrons. The summed E-state index contributed by atoms with van der Waals surface area (Å²) in [5, 5.41) is 17.3. The minimum atomic E-state index is -1.16. The number of halogens is 1. The number of likely N-dealkylation sites (tertiary alicyclic amines) is 1. The number of aliphatic hydroxyl groups is 1. The summed E-state index contributed by atoms with van der Waals surface area (Å²) in [6.07, 6.45) is 5.14. The first-order valence-electron chi connectivity index (χ1n) is 10.5. The van der Waals surface area contributed by atoms with Crippen LogP contribution in [-0.2, 0) is 10.4 Å². The van der Waals surface area contributed by atoms with Crippen LogP contribution in [0.25, 0.3) is 0 Å². The summed E-state index contributed by atoms with van der Waals surface area (Å²) >= 11 is 0. The van der Waals surface area contributed by atoms with Crippen LogP contribution in [0, 0.1) is 5.92 Å². The first-order chi connectivity index (χ1) is 13.4. The monoisotopic (exact) mass is 520 g/mol. The van der Waals surface area contributed by atoms with E-state index in [1.54, 1.807) is 25.3 Å². The molecule has 1 aromatic heterocycles. The van der Waals surface area contributed by atoms with Gasteiger partial charge in [-0.3, -0.25) is 4.79 Å². The number of rotatable bonds is 8. The quantitative estimate of drug-likeness (QED) is 0.279. The van der Waals surface area contributed by atoms with Crippen LogP contribution in [0.2, 0.25) is 0 Å². The third kappa shape index (κ3) is 7.47. The van der Waals surface area contributed by atoms with Crippen molar-refractivity contribution in [3.8, 4) is 0 Å². The number of carbonyl (C=O) groups excluding carboxylic acids is 1. The van der Waals surface area contributed by atoms with E-state index in [4.69, 9.17) is 4.42 Å². The Morgan fingerprint density at radius 1 is 1.34 bits per heavy atom. The molecule has 1 aromatic rings. The summed E-state index contributed by atoms with van der Waals surface area (Å²) in [5.41, 5.74) is -1.16. The lowest BCUT2D eigenvalue weighted by atomic mass is 9.98. The molecule has 2 heterocycles. The van der Waals surface area contributed by atoms with Gasteiger partial charge in [0.2, 0.25) is 5.91 Å². The molecule has 0 aliphatic carbocycles. The standard InChI is InChI=1S/C21H36N4O3.HI/c1-5-16(6-2)19(26)25-12-10-17(11-13-25)24-20(22-7-3)23-15-21(4,27)18-9-8-14-28-18;/h8-9,14,16-17,27H,5-7,10-13,15H2,1-4H3,(H2,22,23,24);1H. The summed E-state index contributed by atoms with van der Waals surface area (Å²) in [6, 6.07) is 3.77. The molecule has 0 spiro atoms. The van der Waals surface area contributed by atoms with Crippen molar-refractivity contribution in [1.82, 2.24) is 15.5 Å². The van der Waals surface area contributed by atoms with Crippen LogP contribution in [-0.4, -0.2) is 54.1 Å². The predicted octanol–water partition coefficient (Wildman–Crippen LogP) is 3.09. The summed E-state index contributed by atoms with van der Waals surface area (Å²) in [5.74, 6) is 1.62. The molecule has 1 atom stereocenters. The van der Waals surface area contributed by atoms with E-state index in [-0.39, 0.29) is 42.5 Å². The van der Waals surface area contributed by atoms with Crippen molar-refractivity contribution in [3.63, 3.8) is 0 Å². The molecule has 3 N–H and O–H groups in total. The Morgan fingerprint density at radius 3 is 2.52 bits per heavy atom. The zero-order valence-corrected chi connectivity index (χ0v) is 20.4. The zero-order chi connectivity index (χ0) is 20.6. The maximum atomic E-state index is 12.5. The number of guanidine groups is 1. The van der Waals surface area contributed by atoms with E-state index < -0.39 is 5.60 Å². The van der Waals surface area contributed by atoms with Crippen LogP contribution < -0.4 is 10.6 Å². The molecule has 0 radical (unpaired) electrons. The van der Waals surface area contributed by atoms with E-state index in [1.165, 1.54) is 0 Å². The Hall–Kier alpha value is -1.29. The minimum absolute atomic E-state index is 0. The summed E-state index contributed by atoms with van der Waals surface area (Å²) in [6.45, 7) is 10.4. The lowest BCUT2D eigenvalue weighted by Gasteiger charge is -2.35. The molecule has 1 fully saturated rings. The van der Waals surface area contributed by atoms with E-state index in [0.29, 0.717) is 17.6 Å². The number of carbonyl (C=O) groups is 1. The molecule has 1 aliphatic rings. The van der Waals surface area contributed by atoms with Crippen molar-refractivity contribution >= 4 is 35.8 Å². The van der Waals surface area contributed by atoms with E-state index in [0.717, 1.165) is 45.3 Å². The molecular formula is C21H37IN4O3. The fraction of sp³-hybridized carbons (Fsp3) is 0.714. The van der Waals surface area contributed by atoms with Gasteiger partial charge < -0.3 is 25.1 Å². The van der Waals surface area contributed by atoms with Crippen molar-refractivity contribution in [2.24, 2.45) is 10.9 Å². The first kappa shape index (κ1) is 25.7. The molecule has 2 rings (SSSR count). The molecule has 1 aliphatic heterocycles. The highest BCUT2D eigenvalue weighted by molar-refractivity contribution is 14.0. The number of piperidine rings is 1. The summed E-state index contributed by atoms with van der Waals surface area (Å²) in [4.78, 5) is 19.1. The molecule has 1 saturated heterocycles. The van der Waals surface area contributed by atoms with Crippen molar-refractivity contribution in [2.45, 2.75) is 65.0 Å². The summed E-state index contributed by atoms with van der Waals surface area (Å²) < 4.78 is 5.31. The second-order valence-corrected chi connectivity index (χ2v) is 7.70. The van der Waals surface area contributed by atoms with Gasteiger partial charge in [0.1, 0.15) is 11.4 Å². The SMILES string of the molecule is CCNC(=NCC(C)(O)c1ccco1)NC1CCN(C(=O)C(CC)CC)CC1.I. The van der Waals surface area contributed by atoms with Crippen molar-refractivity contribution in [1.29, 1.82) is 0 Å². The maximum Gasteiger partial charge on any atom is 0.225 e. The Morgan fingerprint density at radius 2 is 2.00 bits per heavy atom.